The van der Waals surface area contributed by atoms with Gasteiger partial charge in [-0.05, 0) is 26.0 Å². The second kappa shape index (κ2) is 7.35. The molecule has 8 nitrogen and oxygen atoms in total. The highest BCUT2D eigenvalue weighted by molar-refractivity contribution is 7.98. The quantitative estimate of drug-likeness (QED) is 0.503. The molecular formula is C19H17N5O3S. The summed E-state index contributed by atoms with van der Waals surface area (Å²) < 4.78 is 6.78. The molecule has 0 spiro atoms. The normalized spacial score (nSPS) is 11.1. The number of oxazole rings is 1. The summed E-state index contributed by atoms with van der Waals surface area (Å²) in [6.07, 6.45) is 1.47. The van der Waals surface area contributed by atoms with Crippen molar-refractivity contribution in [3.63, 3.8) is 0 Å². The molecule has 3 heterocycles. The summed E-state index contributed by atoms with van der Waals surface area (Å²) in [6, 6.07) is 10.5. The van der Waals surface area contributed by atoms with Crippen molar-refractivity contribution in [1.29, 1.82) is 0 Å². The van der Waals surface area contributed by atoms with Crippen LogP contribution >= 0.6 is 11.8 Å². The van der Waals surface area contributed by atoms with Crippen molar-refractivity contribution < 1.29 is 9.21 Å². The van der Waals surface area contributed by atoms with E-state index in [1.807, 2.05) is 32.0 Å². The van der Waals surface area contributed by atoms with Crippen LogP contribution in [0, 0.1) is 13.8 Å². The number of carbonyl (C=O) groups excluding carboxylic acids is 1. The van der Waals surface area contributed by atoms with Crippen molar-refractivity contribution >= 4 is 29.0 Å². The minimum Gasteiger partial charge on any atom is -0.437 e. The molecule has 3 aromatic heterocycles. The molecule has 1 amide bonds. The first-order valence-corrected chi connectivity index (χ1v) is 9.53. The Morgan fingerprint density at radius 1 is 1.25 bits per heavy atom. The van der Waals surface area contributed by atoms with Gasteiger partial charge in [0.1, 0.15) is 11.3 Å². The molecule has 0 bridgehead atoms. The monoisotopic (exact) mass is 395 g/mol. The van der Waals surface area contributed by atoms with Gasteiger partial charge in [0, 0.05) is 23.7 Å². The number of anilines is 1. The van der Waals surface area contributed by atoms with Crippen molar-refractivity contribution in [3.8, 4) is 0 Å². The van der Waals surface area contributed by atoms with Crippen LogP contribution < -0.4 is 10.9 Å². The van der Waals surface area contributed by atoms with Gasteiger partial charge in [0.2, 0.25) is 0 Å². The van der Waals surface area contributed by atoms with Gasteiger partial charge in [0.15, 0.2) is 5.65 Å². The maximum atomic E-state index is 12.6. The maximum Gasteiger partial charge on any atom is 0.272 e. The number of amides is 1. The average molecular weight is 395 g/mol. The van der Waals surface area contributed by atoms with E-state index in [1.54, 1.807) is 12.1 Å². The molecule has 2 N–H and O–H groups in total. The summed E-state index contributed by atoms with van der Waals surface area (Å²) in [5.74, 6) is 0.813. The number of carbonyl (C=O) groups is 1. The summed E-state index contributed by atoms with van der Waals surface area (Å²) in [4.78, 5) is 33.8. The molecular weight excluding hydrogens is 378 g/mol. The number of H-pyrrole nitrogens is 1. The lowest BCUT2D eigenvalue weighted by Crippen LogP contribution is -2.17. The first-order valence-electron chi connectivity index (χ1n) is 8.54. The number of para-hydroxylation sites is 1. The predicted octanol–water partition coefficient (Wildman–Crippen LogP) is 3.17. The molecule has 0 atom stereocenters. The lowest BCUT2D eigenvalue weighted by atomic mass is 10.2. The molecule has 0 unspecified atom stereocenters. The van der Waals surface area contributed by atoms with Crippen molar-refractivity contribution in [1.82, 2.24) is 19.6 Å². The third-order valence-electron chi connectivity index (χ3n) is 4.18. The molecule has 0 saturated carbocycles. The summed E-state index contributed by atoms with van der Waals surface area (Å²) >= 11 is 1.35. The fourth-order valence-corrected chi connectivity index (χ4v) is 3.44. The van der Waals surface area contributed by atoms with Gasteiger partial charge in [-0.25, -0.2) is 14.5 Å². The Hall–Kier alpha value is -3.33. The molecule has 0 fully saturated rings. The van der Waals surface area contributed by atoms with E-state index in [2.05, 4.69) is 20.4 Å². The first kappa shape index (κ1) is 18.1. The Balaban J connectivity index is 1.60. The highest BCUT2D eigenvalue weighted by Crippen LogP contribution is 2.23. The van der Waals surface area contributed by atoms with Gasteiger partial charge in [0.25, 0.3) is 16.7 Å². The van der Waals surface area contributed by atoms with Crippen LogP contribution in [-0.2, 0) is 5.75 Å². The van der Waals surface area contributed by atoms with Crippen molar-refractivity contribution in [3.05, 3.63) is 75.7 Å². The Labute approximate surface area is 164 Å². The molecule has 0 radical (unpaired) electrons. The number of aryl methyl sites for hydroxylation is 2. The van der Waals surface area contributed by atoms with Gasteiger partial charge in [-0.15, -0.1) is 0 Å². The number of hydrogen-bond donors (Lipinski definition) is 2. The summed E-state index contributed by atoms with van der Waals surface area (Å²) in [7, 11) is 0. The maximum absolute atomic E-state index is 12.6. The smallest absolute Gasteiger partial charge is 0.272 e. The topological polar surface area (TPSA) is 105 Å². The minimum absolute atomic E-state index is 0.274. The molecule has 4 aromatic rings. The van der Waals surface area contributed by atoms with Crippen LogP contribution in [0.4, 0.5) is 5.69 Å². The molecule has 28 heavy (non-hydrogen) atoms. The van der Waals surface area contributed by atoms with Crippen molar-refractivity contribution in [2.75, 3.05) is 5.32 Å². The van der Waals surface area contributed by atoms with Gasteiger partial charge < -0.3 is 9.73 Å². The number of hydrogen-bond acceptors (Lipinski definition) is 6. The number of nitrogens with zero attached hydrogens (tertiary/aromatic N) is 3. The summed E-state index contributed by atoms with van der Waals surface area (Å²) in [5, 5.41) is 6.10. The molecule has 4 rings (SSSR count). The van der Waals surface area contributed by atoms with E-state index in [-0.39, 0.29) is 22.7 Å². The number of rotatable bonds is 5. The third-order valence-corrected chi connectivity index (χ3v) is 5.04. The van der Waals surface area contributed by atoms with Crippen LogP contribution in [0.15, 0.2) is 57.0 Å². The van der Waals surface area contributed by atoms with Gasteiger partial charge in [-0.2, -0.15) is 0 Å². The van der Waals surface area contributed by atoms with Crippen molar-refractivity contribution in [2.24, 2.45) is 0 Å². The minimum atomic E-state index is -0.347. The Morgan fingerprint density at radius 2 is 2.04 bits per heavy atom. The van der Waals surface area contributed by atoms with E-state index in [9.17, 15) is 9.59 Å². The number of benzene rings is 1. The second-order valence-corrected chi connectivity index (χ2v) is 7.09. The van der Waals surface area contributed by atoms with Gasteiger partial charge in [0.05, 0.1) is 11.4 Å². The lowest BCUT2D eigenvalue weighted by molar-refractivity contribution is 0.102. The fraction of sp³-hybridized carbons (Fsp3) is 0.158. The second-order valence-electron chi connectivity index (χ2n) is 6.16. The number of aromatic nitrogens is 4. The van der Waals surface area contributed by atoms with E-state index in [0.717, 1.165) is 11.5 Å². The molecule has 0 aliphatic heterocycles. The highest BCUT2D eigenvalue weighted by Gasteiger charge is 2.16. The van der Waals surface area contributed by atoms with Crippen LogP contribution in [-0.4, -0.2) is 25.5 Å². The zero-order chi connectivity index (χ0) is 19.7. The predicted molar refractivity (Wildman–Crippen MR) is 106 cm³/mol. The Morgan fingerprint density at radius 3 is 2.75 bits per heavy atom. The molecule has 1 aromatic carbocycles. The molecule has 0 saturated heterocycles. The van der Waals surface area contributed by atoms with E-state index in [0.29, 0.717) is 22.4 Å². The Kier molecular flexibility index (Phi) is 4.74. The molecule has 9 heteroatoms. The van der Waals surface area contributed by atoms with Crippen LogP contribution in [0.3, 0.4) is 0 Å². The molecule has 142 valence electrons. The van der Waals surface area contributed by atoms with Crippen LogP contribution in [0.1, 0.15) is 27.5 Å². The van der Waals surface area contributed by atoms with E-state index >= 15 is 0 Å². The van der Waals surface area contributed by atoms with Gasteiger partial charge in [-0.1, -0.05) is 30.0 Å². The number of nitrogens with one attached hydrogen (secondary N) is 2. The van der Waals surface area contributed by atoms with Crippen LogP contribution in [0.2, 0.25) is 0 Å². The van der Waals surface area contributed by atoms with E-state index in [1.165, 1.54) is 28.5 Å². The Bertz CT molecular complexity index is 1190. The van der Waals surface area contributed by atoms with Crippen LogP contribution in [0.25, 0.3) is 5.65 Å². The molecule has 0 aliphatic carbocycles. The standard InChI is InChI=1S/C19H17N5O3S/c1-11-12(2)27-19(21-11)28-10-14-8-16(25)24-17(22-14)15(9-20-24)18(26)23-13-6-4-3-5-7-13/h3-9,20H,10H2,1-2H3,(H,23,26). The average Bonchev–Trinajstić information content (AvgIpc) is 3.24. The SMILES string of the molecule is Cc1nc(SCc2cc(=O)n3[nH]cc(C(=O)Nc4ccccc4)c3n2)oc1C. The zero-order valence-corrected chi connectivity index (χ0v) is 16.0. The highest BCUT2D eigenvalue weighted by atomic mass is 32.2. The largest absolute Gasteiger partial charge is 0.437 e. The van der Waals surface area contributed by atoms with Crippen LogP contribution in [0.5, 0.6) is 0 Å². The number of thioether (sulfide) groups is 1. The lowest BCUT2D eigenvalue weighted by Gasteiger charge is -2.04. The third kappa shape index (κ3) is 3.56. The number of fused-ring (bicyclic) bond motifs is 1. The fourth-order valence-electron chi connectivity index (χ4n) is 2.63. The summed E-state index contributed by atoms with van der Waals surface area (Å²) in [6.45, 7) is 3.72. The van der Waals surface area contributed by atoms with Gasteiger partial charge in [-0.3, -0.25) is 14.7 Å². The number of aromatic amines is 1. The molecule has 0 aliphatic rings. The zero-order valence-electron chi connectivity index (χ0n) is 15.2. The summed E-state index contributed by atoms with van der Waals surface area (Å²) in [5.41, 5.74) is 2.30. The van der Waals surface area contributed by atoms with Gasteiger partial charge >= 0.3 is 0 Å². The first-order chi connectivity index (χ1) is 13.5. The van der Waals surface area contributed by atoms with E-state index < -0.39 is 0 Å². The van der Waals surface area contributed by atoms with Crippen molar-refractivity contribution in [2.45, 2.75) is 24.8 Å². The van der Waals surface area contributed by atoms with E-state index in [4.69, 9.17) is 4.42 Å².